The normalized spacial score (nSPS) is 19.7. The van der Waals surface area contributed by atoms with Crippen LogP contribution in [0.15, 0.2) is 0 Å². The summed E-state index contributed by atoms with van der Waals surface area (Å²) >= 11 is 0. The first-order valence-electron chi connectivity index (χ1n) is 6.10. The van der Waals surface area contributed by atoms with Gasteiger partial charge in [0, 0.05) is 6.42 Å². The Morgan fingerprint density at radius 3 is 2.47 bits per heavy atom. The molecule has 1 fully saturated rings. The van der Waals surface area contributed by atoms with Gasteiger partial charge in [-0.1, -0.05) is 13.8 Å². The van der Waals surface area contributed by atoms with Crippen molar-refractivity contribution in [3.63, 3.8) is 0 Å². The molecule has 1 amide bonds. The predicted molar refractivity (Wildman–Crippen MR) is 62.4 cm³/mol. The largest absolute Gasteiger partial charge is 0.370 e. The Balaban J connectivity index is 2.12. The van der Waals surface area contributed by atoms with Gasteiger partial charge in [-0.2, -0.15) is 0 Å². The molecule has 0 aliphatic carbocycles. The molecule has 0 spiro atoms. The van der Waals surface area contributed by atoms with Gasteiger partial charge in [0.2, 0.25) is 5.91 Å². The lowest BCUT2D eigenvalue weighted by Crippen LogP contribution is -2.36. The lowest BCUT2D eigenvalue weighted by Gasteiger charge is -2.33. The molecule has 0 saturated carbocycles. The van der Waals surface area contributed by atoms with E-state index in [9.17, 15) is 4.79 Å². The maximum Gasteiger partial charge on any atom is 0.217 e. The third kappa shape index (κ3) is 4.65. The maximum absolute atomic E-state index is 10.6. The maximum atomic E-state index is 10.6. The smallest absolute Gasteiger partial charge is 0.217 e. The fourth-order valence-corrected chi connectivity index (χ4v) is 2.32. The van der Waals surface area contributed by atoms with Gasteiger partial charge in [0.25, 0.3) is 0 Å². The van der Waals surface area contributed by atoms with E-state index in [2.05, 4.69) is 18.7 Å². The first kappa shape index (κ1) is 12.5. The van der Waals surface area contributed by atoms with Crippen molar-refractivity contribution in [2.24, 2.45) is 17.6 Å². The van der Waals surface area contributed by atoms with Gasteiger partial charge >= 0.3 is 0 Å². The number of piperidine rings is 1. The number of carbonyl (C=O) groups excluding carboxylic acids is 1. The van der Waals surface area contributed by atoms with Crippen LogP contribution in [0.1, 0.15) is 39.5 Å². The third-order valence-electron chi connectivity index (χ3n) is 3.47. The first-order chi connectivity index (χ1) is 7.09. The zero-order chi connectivity index (χ0) is 11.3. The van der Waals surface area contributed by atoms with Gasteiger partial charge in [-0.25, -0.2) is 0 Å². The van der Waals surface area contributed by atoms with Crippen LogP contribution in [0.5, 0.6) is 0 Å². The molecule has 1 aliphatic heterocycles. The number of likely N-dealkylation sites (tertiary alicyclic amines) is 1. The van der Waals surface area contributed by atoms with Crippen molar-refractivity contribution < 1.29 is 4.79 Å². The van der Waals surface area contributed by atoms with E-state index < -0.39 is 0 Å². The summed E-state index contributed by atoms with van der Waals surface area (Å²) in [4.78, 5) is 13.0. The fourth-order valence-electron chi connectivity index (χ4n) is 2.32. The summed E-state index contributed by atoms with van der Waals surface area (Å²) in [6, 6.07) is 0. The molecule has 0 radical (unpaired) electrons. The van der Waals surface area contributed by atoms with Gasteiger partial charge in [-0.3, -0.25) is 4.79 Å². The second-order valence-electron chi connectivity index (χ2n) is 4.99. The minimum absolute atomic E-state index is 0.174. The van der Waals surface area contributed by atoms with Crippen LogP contribution in [0.4, 0.5) is 0 Å². The Morgan fingerprint density at radius 1 is 1.40 bits per heavy atom. The summed E-state index contributed by atoms with van der Waals surface area (Å²) in [6.45, 7) is 8.05. The quantitative estimate of drug-likeness (QED) is 0.752. The predicted octanol–water partition coefficient (Wildman–Crippen LogP) is 1.62. The number of nitrogens with two attached hydrogens (primary N) is 1. The molecule has 1 aliphatic rings. The molecular formula is C12H24N2O. The molecule has 2 N–H and O–H groups in total. The third-order valence-corrected chi connectivity index (χ3v) is 3.47. The summed E-state index contributed by atoms with van der Waals surface area (Å²) in [7, 11) is 0. The topological polar surface area (TPSA) is 46.3 Å². The Labute approximate surface area is 93.0 Å². The first-order valence-corrected chi connectivity index (χ1v) is 6.10. The number of amides is 1. The molecule has 1 saturated heterocycles. The SMILES string of the molecule is CC(C)C1CCN(CCCC(N)=O)CC1. The molecule has 3 heteroatoms. The van der Waals surface area contributed by atoms with E-state index in [4.69, 9.17) is 5.73 Å². The standard InChI is InChI=1S/C12H24N2O/c1-10(2)11-5-8-14(9-6-11)7-3-4-12(13)15/h10-11H,3-9H2,1-2H3,(H2,13,15). The Kier molecular flexibility index (Phi) is 5.09. The number of nitrogens with zero attached hydrogens (tertiary/aromatic N) is 1. The molecule has 0 aromatic carbocycles. The van der Waals surface area contributed by atoms with Gasteiger partial charge in [0.05, 0.1) is 0 Å². The number of carbonyl (C=O) groups is 1. The second kappa shape index (κ2) is 6.11. The lowest BCUT2D eigenvalue weighted by molar-refractivity contribution is -0.118. The van der Waals surface area contributed by atoms with E-state index in [-0.39, 0.29) is 5.91 Å². The minimum atomic E-state index is -0.174. The Bertz CT molecular complexity index is 196. The van der Waals surface area contributed by atoms with Crippen molar-refractivity contribution in [2.75, 3.05) is 19.6 Å². The molecule has 88 valence electrons. The lowest BCUT2D eigenvalue weighted by atomic mass is 9.87. The number of primary amides is 1. The molecule has 0 unspecified atom stereocenters. The van der Waals surface area contributed by atoms with Gasteiger partial charge in [-0.05, 0) is 50.7 Å². The second-order valence-corrected chi connectivity index (χ2v) is 4.99. The monoisotopic (exact) mass is 212 g/mol. The molecular weight excluding hydrogens is 188 g/mol. The minimum Gasteiger partial charge on any atom is -0.370 e. The Hall–Kier alpha value is -0.570. The summed E-state index contributed by atoms with van der Waals surface area (Å²) in [6.07, 6.45) is 4.08. The van der Waals surface area contributed by atoms with Gasteiger partial charge in [0.1, 0.15) is 0 Å². The number of hydrogen-bond donors (Lipinski definition) is 1. The van der Waals surface area contributed by atoms with Crippen LogP contribution >= 0.6 is 0 Å². The number of hydrogen-bond acceptors (Lipinski definition) is 2. The summed E-state index contributed by atoms with van der Waals surface area (Å²) in [5, 5.41) is 0. The van der Waals surface area contributed by atoms with E-state index in [1.54, 1.807) is 0 Å². The van der Waals surface area contributed by atoms with E-state index >= 15 is 0 Å². The fraction of sp³-hybridized carbons (Fsp3) is 0.917. The van der Waals surface area contributed by atoms with E-state index in [0.29, 0.717) is 6.42 Å². The molecule has 0 aromatic rings. The van der Waals surface area contributed by atoms with Crippen molar-refractivity contribution in [3.8, 4) is 0 Å². The van der Waals surface area contributed by atoms with Crippen LogP contribution in [-0.2, 0) is 4.79 Å². The van der Waals surface area contributed by atoms with Crippen LogP contribution in [0, 0.1) is 11.8 Å². The van der Waals surface area contributed by atoms with Crippen molar-refractivity contribution in [1.82, 2.24) is 4.90 Å². The summed E-state index contributed by atoms with van der Waals surface area (Å²) in [5.74, 6) is 1.54. The van der Waals surface area contributed by atoms with Crippen LogP contribution in [0.2, 0.25) is 0 Å². The van der Waals surface area contributed by atoms with Gasteiger partial charge in [-0.15, -0.1) is 0 Å². The highest BCUT2D eigenvalue weighted by Gasteiger charge is 2.20. The van der Waals surface area contributed by atoms with Gasteiger partial charge < -0.3 is 10.6 Å². The molecule has 1 rings (SSSR count). The average Bonchev–Trinajstić information content (AvgIpc) is 2.18. The van der Waals surface area contributed by atoms with Crippen LogP contribution < -0.4 is 5.73 Å². The highest BCUT2D eigenvalue weighted by atomic mass is 16.1. The van der Waals surface area contributed by atoms with E-state index in [1.165, 1.54) is 25.9 Å². The zero-order valence-corrected chi connectivity index (χ0v) is 10.0. The molecule has 0 atom stereocenters. The van der Waals surface area contributed by atoms with Crippen molar-refractivity contribution in [1.29, 1.82) is 0 Å². The van der Waals surface area contributed by atoms with Crippen molar-refractivity contribution >= 4 is 5.91 Å². The molecule has 0 bridgehead atoms. The van der Waals surface area contributed by atoms with Crippen LogP contribution in [0.25, 0.3) is 0 Å². The van der Waals surface area contributed by atoms with Crippen LogP contribution in [-0.4, -0.2) is 30.4 Å². The van der Waals surface area contributed by atoms with Gasteiger partial charge in [0.15, 0.2) is 0 Å². The summed E-state index contributed by atoms with van der Waals surface area (Å²) < 4.78 is 0. The highest BCUT2D eigenvalue weighted by Crippen LogP contribution is 2.24. The van der Waals surface area contributed by atoms with E-state index in [0.717, 1.165) is 24.8 Å². The summed E-state index contributed by atoms with van der Waals surface area (Å²) in [5.41, 5.74) is 5.11. The molecule has 15 heavy (non-hydrogen) atoms. The highest BCUT2D eigenvalue weighted by molar-refractivity contribution is 5.73. The van der Waals surface area contributed by atoms with Crippen LogP contribution in [0.3, 0.4) is 0 Å². The zero-order valence-electron chi connectivity index (χ0n) is 10.0. The molecule has 3 nitrogen and oxygen atoms in total. The average molecular weight is 212 g/mol. The molecule has 1 heterocycles. The van der Waals surface area contributed by atoms with E-state index in [1.807, 2.05) is 0 Å². The molecule has 0 aromatic heterocycles. The Morgan fingerprint density at radius 2 is 2.00 bits per heavy atom. The van der Waals surface area contributed by atoms with Crippen molar-refractivity contribution in [2.45, 2.75) is 39.5 Å². The van der Waals surface area contributed by atoms with Crippen molar-refractivity contribution in [3.05, 3.63) is 0 Å². The number of rotatable bonds is 5.